The molecule has 2 N–H and O–H groups in total. The number of nitrogens with zero attached hydrogens (tertiary/aromatic N) is 2. The zero-order valence-corrected chi connectivity index (χ0v) is 19.0. The number of aliphatic hydroxyl groups is 1. The number of carbonyl (C=O) groups is 1. The van der Waals surface area contributed by atoms with Gasteiger partial charge in [0.1, 0.15) is 17.2 Å². The van der Waals surface area contributed by atoms with Crippen LogP contribution in [0, 0.1) is 17.2 Å². The van der Waals surface area contributed by atoms with E-state index in [1.807, 2.05) is 28.8 Å². The molecule has 4 rings (SSSR count). The highest BCUT2D eigenvalue weighted by molar-refractivity contribution is 5.99. The first-order valence-electron chi connectivity index (χ1n) is 11.2. The fourth-order valence-corrected chi connectivity index (χ4v) is 4.58. The van der Waals surface area contributed by atoms with Crippen molar-refractivity contribution in [3.05, 3.63) is 59.3 Å². The van der Waals surface area contributed by atoms with E-state index in [1.54, 1.807) is 32.4 Å². The lowest BCUT2D eigenvalue weighted by Crippen LogP contribution is -2.37. The molecular formula is C26H29N3O4. The third kappa shape index (κ3) is 4.96. The number of fused-ring (bicyclic) bond motifs is 1. The van der Waals surface area contributed by atoms with Gasteiger partial charge >= 0.3 is 0 Å². The molecule has 7 nitrogen and oxygen atoms in total. The highest BCUT2D eigenvalue weighted by Gasteiger charge is 2.24. The van der Waals surface area contributed by atoms with E-state index in [-0.39, 0.29) is 17.9 Å². The Labute approximate surface area is 193 Å². The average Bonchev–Trinajstić information content (AvgIpc) is 3.20. The molecule has 0 bridgehead atoms. The van der Waals surface area contributed by atoms with Gasteiger partial charge in [0.05, 0.1) is 32.0 Å². The Morgan fingerprint density at radius 2 is 1.85 bits per heavy atom. The van der Waals surface area contributed by atoms with Gasteiger partial charge in [-0.05, 0) is 54.8 Å². The molecule has 33 heavy (non-hydrogen) atoms. The number of nitrogens with one attached hydrogen (secondary N) is 1. The molecular weight excluding hydrogens is 418 g/mol. The number of amides is 1. The molecule has 1 amide bonds. The molecule has 1 heterocycles. The fraction of sp³-hybridized carbons (Fsp3) is 0.385. The van der Waals surface area contributed by atoms with Crippen LogP contribution in [0.4, 0.5) is 0 Å². The zero-order chi connectivity index (χ0) is 23.4. The van der Waals surface area contributed by atoms with E-state index in [9.17, 15) is 15.2 Å². The SMILES string of the molecule is COc1cc(Cn2c(C(=O)NC[C@H]3CCCC[C@@H]3O)cc3cc(C#N)ccc32)cc(OC)c1. The predicted octanol–water partition coefficient (Wildman–Crippen LogP) is 3.86. The third-order valence-electron chi connectivity index (χ3n) is 6.41. The van der Waals surface area contributed by atoms with Crippen molar-refractivity contribution in [3.8, 4) is 17.6 Å². The van der Waals surface area contributed by atoms with Crippen LogP contribution in [0.15, 0.2) is 42.5 Å². The van der Waals surface area contributed by atoms with E-state index in [2.05, 4.69) is 11.4 Å². The number of carbonyl (C=O) groups excluding carboxylic acids is 1. The summed E-state index contributed by atoms with van der Waals surface area (Å²) in [4.78, 5) is 13.2. The first-order chi connectivity index (χ1) is 16.0. The molecule has 1 aromatic heterocycles. The number of nitriles is 1. The second-order valence-corrected chi connectivity index (χ2v) is 8.54. The first kappa shape index (κ1) is 22.7. The lowest BCUT2D eigenvalue weighted by molar-refractivity contribution is 0.0661. The Balaban J connectivity index is 1.67. The van der Waals surface area contributed by atoms with Crippen LogP contribution in [-0.4, -0.2) is 42.4 Å². The molecule has 0 aliphatic heterocycles. The maximum atomic E-state index is 13.2. The summed E-state index contributed by atoms with van der Waals surface area (Å²) < 4.78 is 12.7. The number of ether oxygens (including phenoxy) is 2. The first-order valence-corrected chi connectivity index (χ1v) is 11.2. The van der Waals surface area contributed by atoms with Crippen molar-refractivity contribution in [2.75, 3.05) is 20.8 Å². The molecule has 0 spiro atoms. The molecule has 2 aromatic carbocycles. The van der Waals surface area contributed by atoms with Crippen molar-refractivity contribution in [1.82, 2.24) is 9.88 Å². The molecule has 3 aromatic rings. The van der Waals surface area contributed by atoms with Crippen LogP contribution in [0.3, 0.4) is 0 Å². The number of rotatable bonds is 7. The number of methoxy groups -OCH3 is 2. The van der Waals surface area contributed by atoms with Crippen molar-refractivity contribution >= 4 is 16.8 Å². The summed E-state index contributed by atoms with van der Waals surface area (Å²) in [7, 11) is 3.21. The van der Waals surface area contributed by atoms with Crippen LogP contribution in [-0.2, 0) is 6.54 Å². The molecule has 172 valence electrons. The second kappa shape index (κ2) is 9.97. The van der Waals surface area contributed by atoms with Gasteiger partial charge < -0.3 is 24.5 Å². The largest absolute Gasteiger partial charge is 0.497 e. The number of hydrogen-bond donors (Lipinski definition) is 2. The number of aromatic nitrogens is 1. The molecule has 1 saturated carbocycles. The van der Waals surface area contributed by atoms with Gasteiger partial charge in [0.2, 0.25) is 0 Å². The summed E-state index contributed by atoms with van der Waals surface area (Å²) in [5.41, 5.74) is 2.83. The highest BCUT2D eigenvalue weighted by atomic mass is 16.5. The predicted molar refractivity (Wildman–Crippen MR) is 126 cm³/mol. The quantitative estimate of drug-likeness (QED) is 0.573. The number of hydrogen-bond acceptors (Lipinski definition) is 5. The van der Waals surface area contributed by atoms with E-state index in [0.717, 1.165) is 42.1 Å². The van der Waals surface area contributed by atoms with E-state index < -0.39 is 0 Å². The van der Waals surface area contributed by atoms with Gasteiger partial charge in [-0.2, -0.15) is 5.26 Å². The molecule has 0 saturated heterocycles. The summed E-state index contributed by atoms with van der Waals surface area (Å²) >= 11 is 0. The van der Waals surface area contributed by atoms with Gasteiger partial charge in [0, 0.05) is 36.0 Å². The van der Waals surface area contributed by atoms with Crippen molar-refractivity contribution in [2.45, 2.75) is 38.3 Å². The van der Waals surface area contributed by atoms with E-state index >= 15 is 0 Å². The lowest BCUT2D eigenvalue weighted by atomic mass is 9.86. The molecule has 7 heteroatoms. The van der Waals surface area contributed by atoms with Crippen molar-refractivity contribution in [3.63, 3.8) is 0 Å². The summed E-state index contributed by atoms with van der Waals surface area (Å²) in [6.45, 7) is 0.871. The molecule has 0 unspecified atom stereocenters. The summed E-state index contributed by atoms with van der Waals surface area (Å²) in [5.74, 6) is 1.22. The van der Waals surface area contributed by atoms with Crippen LogP contribution < -0.4 is 14.8 Å². The average molecular weight is 448 g/mol. The monoisotopic (exact) mass is 447 g/mol. The van der Waals surface area contributed by atoms with Crippen LogP contribution in [0.25, 0.3) is 10.9 Å². The topological polar surface area (TPSA) is 96.5 Å². The smallest absolute Gasteiger partial charge is 0.267 e. The molecule has 1 aliphatic rings. The van der Waals surface area contributed by atoms with Crippen molar-refractivity contribution < 1.29 is 19.4 Å². The molecule has 2 atom stereocenters. The van der Waals surface area contributed by atoms with Crippen LogP contribution in [0.5, 0.6) is 11.5 Å². The molecule has 1 aliphatic carbocycles. The Morgan fingerprint density at radius 3 is 2.52 bits per heavy atom. The Hall–Kier alpha value is -3.50. The van der Waals surface area contributed by atoms with Crippen LogP contribution in [0.2, 0.25) is 0 Å². The van der Waals surface area contributed by atoms with Gasteiger partial charge in [0.25, 0.3) is 5.91 Å². The number of benzene rings is 2. The van der Waals surface area contributed by atoms with Gasteiger partial charge in [-0.1, -0.05) is 12.8 Å². The minimum Gasteiger partial charge on any atom is -0.497 e. The molecule has 1 fully saturated rings. The van der Waals surface area contributed by atoms with Gasteiger partial charge in [-0.25, -0.2) is 0 Å². The van der Waals surface area contributed by atoms with Gasteiger partial charge in [-0.3, -0.25) is 4.79 Å². The highest BCUT2D eigenvalue weighted by Crippen LogP contribution is 2.28. The summed E-state index contributed by atoms with van der Waals surface area (Å²) in [6, 6.07) is 15.0. The van der Waals surface area contributed by atoms with Crippen LogP contribution in [0.1, 0.15) is 47.3 Å². The van der Waals surface area contributed by atoms with Crippen molar-refractivity contribution in [1.29, 1.82) is 5.26 Å². The minimum absolute atomic E-state index is 0.0772. The fourth-order valence-electron chi connectivity index (χ4n) is 4.58. The minimum atomic E-state index is -0.368. The van der Waals surface area contributed by atoms with Crippen molar-refractivity contribution in [2.24, 2.45) is 5.92 Å². The zero-order valence-electron chi connectivity index (χ0n) is 19.0. The van der Waals surface area contributed by atoms with E-state index in [0.29, 0.717) is 35.8 Å². The second-order valence-electron chi connectivity index (χ2n) is 8.54. The van der Waals surface area contributed by atoms with E-state index in [4.69, 9.17) is 9.47 Å². The Bertz CT molecular complexity index is 1170. The summed E-state index contributed by atoms with van der Waals surface area (Å²) in [5, 5.41) is 23.4. The standard InChI is InChI=1S/C26H29N3O4/c1-32-21-10-18(11-22(13-21)33-2)16-29-23-8-7-17(14-27)9-20(23)12-24(29)26(31)28-15-19-5-3-4-6-25(19)30/h7-13,19,25,30H,3-6,15-16H2,1-2H3,(H,28,31)/t19-,25+/m1/s1. The normalized spacial score (nSPS) is 18.0. The lowest BCUT2D eigenvalue weighted by Gasteiger charge is -2.27. The Morgan fingerprint density at radius 1 is 1.12 bits per heavy atom. The van der Waals surface area contributed by atoms with Crippen LogP contribution >= 0.6 is 0 Å². The van der Waals surface area contributed by atoms with Gasteiger partial charge in [-0.15, -0.1) is 0 Å². The maximum absolute atomic E-state index is 13.2. The third-order valence-corrected chi connectivity index (χ3v) is 6.41. The van der Waals surface area contributed by atoms with E-state index in [1.165, 1.54) is 0 Å². The maximum Gasteiger partial charge on any atom is 0.267 e. The van der Waals surface area contributed by atoms with Gasteiger partial charge in [0.15, 0.2) is 0 Å². The summed E-state index contributed by atoms with van der Waals surface area (Å²) in [6.07, 6.45) is 3.44. The Kier molecular flexibility index (Phi) is 6.85. The number of aliphatic hydroxyl groups excluding tert-OH is 1. The molecule has 0 radical (unpaired) electrons.